The van der Waals surface area contributed by atoms with Crippen LogP contribution in [0.15, 0.2) is 73.1 Å². The fourth-order valence-corrected chi connectivity index (χ4v) is 5.19. The van der Waals surface area contributed by atoms with Crippen LogP contribution in [-0.2, 0) is 13.0 Å². The van der Waals surface area contributed by atoms with Crippen LogP contribution in [0.1, 0.15) is 40.7 Å². The summed E-state index contributed by atoms with van der Waals surface area (Å²) in [6, 6.07) is 20.3. The number of Topliss-reactive ketones (excluding diaryl/α,β-unsaturated/α-hetero) is 1. The van der Waals surface area contributed by atoms with Crippen molar-refractivity contribution in [1.82, 2.24) is 14.9 Å². The highest BCUT2D eigenvalue weighted by Crippen LogP contribution is 2.25. The Hall–Kier alpha value is -3.48. The second-order valence-corrected chi connectivity index (χ2v) is 10.2. The van der Waals surface area contributed by atoms with E-state index in [0.717, 1.165) is 55.4 Å². The van der Waals surface area contributed by atoms with Crippen LogP contribution in [0.5, 0.6) is 0 Å². The molecule has 0 unspecified atom stereocenters. The number of aryl methyl sites for hydroxylation is 1. The van der Waals surface area contributed by atoms with Crippen molar-refractivity contribution in [2.75, 3.05) is 30.7 Å². The molecule has 6 nitrogen and oxygen atoms in total. The summed E-state index contributed by atoms with van der Waals surface area (Å²) < 4.78 is 0. The number of hydrogen-bond donors (Lipinski definition) is 2. The van der Waals surface area contributed by atoms with E-state index in [0.29, 0.717) is 41.0 Å². The lowest BCUT2D eigenvalue weighted by Gasteiger charge is -2.32. The number of carbonyl (C=O) groups excluding carboxylic acids is 1. The molecular formula is C30H32ClN5O. The van der Waals surface area contributed by atoms with Crippen LogP contribution in [0.25, 0.3) is 10.8 Å². The maximum absolute atomic E-state index is 12.8. The fraction of sp³-hybridized carbons (Fsp3) is 0.300. The molecule has 4 aromatic rings. The number of benzene rings is 2. The zero-order valence-electron chi connectivity index (χ0n) is 20.9. The van der Waals surface area contributed by atoms with Crippen molar-refractivity contribution in [1.29, 1.82) is 0 Å². The summed E-state index contributed by atoms with van der Waals surface area (Å²) >= 11 is 6.50. The summed E-state index contributed by atoms with van der Waals surface area (Å²) in [5, 5.41) is 5.84. The molecule has 3 heterocycles. The third-order valence-corrected chi connectivity index (χ3v) is 7.47. The maximum atomic E-state index is 12.8. The van der Waals surface area contributed by atoms with E-state index in [4.69, 9.17) is 17.3 Å². The summed E-state index contributed by atoms with van der Waals surface area (Å²) in [4.78, 5) is 23.9. The Kier molecular flexibility index (Phi) is 7.97. The highest BCUT2D eigenvalue weighted by molar-refractivity contribution is 6.33. The Labute approximate surface area is 222 Å². The third-order valence-electron chi connectivity index (χ3n) is 7.18. The van der Waals surface area contributed by atoms with Crippen molar-refractivity contribution in [3.8, 4) is 0 Å². The Bertz CT molecular complexity index is 1370. The van der Waals surface area contributed by atoms with Gasteiger partial charge in [-0.05, 0) is 66.9 Å². The van der Waals surface area contributed by atoms with Crippen LogP contribution < -0.4 is 11.1 Å². The minimum atomic E-state index is 0.0288. The van der Waals surface area contributed by atoms with E-state index in [1.807, 2.05) is 18.2 Å². The molecule has 0 saturated carbocycles. The number of hydrogen-bond acceptors (Lipinski definition) is 6. The van der Waals surface area contributed by atoms with E-state index >= 15 is 0 Å². The number of likely N-dealkylation sites (tertiary alicyclic amines) is 1. The molecule has 2 aromatic carbocycles. The smallest absolute Gasteiger partial charge is 0.164 e. The van der Waals surface area contributed by atoms with Gasteiger partial charge in [0.15, 0.2) is 5.78 Å². The quantitative estimate of drug-likeness (QED) is 0.267. The van der Waals surface area contributed by atoms with Crippen LogP contribution in [0, 0.1) is 5.92 Å². The zero-order valence-corrected chi connectivity index (χ0v) is 21.6. The maximum Gasteiger partial charge on any atom is 0.164 e. The van der Waals surface area contributed by atoms with Gasteiger partial charge in [-0.25, -0.2) is 9.97 Å². The number of rotatable bonds is 9. The first-order valence-electron chi connectivity index (χ1n) is 12.9. The number of nitrogen functional groups attached to an aromatic ring is 1. The number of piperidine rings is 1. The van der Waals surface area contributed by atoms with Gasteiger partial charge in [0.25, 0.3) is 0 Å². The van der Waals surface area contributed by atoms with Crippen LogP contribution in [-0.4, -0.2) is 40.3 Å². The molecule has 5 rings (SSSR count). The highest BCUT2D eigenvalue weighted by Gasteiger charge is 2.20. The second-order valence-electron chi connectivity index (χ2n) is 9.82. The van der Waals surface area contributed by atoms with Crippen molar-refractivity contribution < 1.29 is 4.79 Å². The molecular weight excluding hydrogens is 482 g/mol. The third kappa shape index (κ3) is 6.45. The van der Waals surface area contributed by atoms with E-state index in [9.17, 15) is 4.79 Å². The second kappa shape index (κ2) is 11.7. The molecule has 2 aromatic heterocycles. The molecule has 1 aliphatic rings. The predicted molar refractivity (Wildman–Crippen MR) is 151 cm³/mol. The first-order chi connectivity index (χ1) is 18.0. The first-order valence-corrected chi connectivity index (χ1v) is 13.2. The van der Waals surface area contributed by atoms with Crippen molar-refractivity contribution in [2.45, 2.75) is 32.2 Å². The zero-order chi connectivity index (χ0) is 25.6. The minimum absolute atomic E-state index is 0.0288. The average Bonchev–Trinajstić information content (AvgIpc) is 2.92. The van der Waals surface area contributed by atoms with Crippen molar-refractivity contribution in [3.05, 3.63) is 94.8 Å². The van der Waals surface area contributed by atoms with Gasteiger partial charge in [-0.1, -0.05) is 60.1 Å². The van der Waals surface area contributed by atoms with Crippen molar-refractivity contribution in [2.24, 2.45) is 5.92 Å². The van der Waals surface area contributed by atoms with E-state index in [1.54, 1.807) is 18.5 Å². The number of nitrogens with one attached hydrogen (secondary N) is 1. The number of fused-ring (bicyclic) bond motifs is 1. The van der Waals surface area contributed by atoms with Crippen LogP contribution in [0.2, 0.25) is 5.02 Å². The van der Waals surface area contributed by atoms with Crippen LogP contribution in [0.4, 0.5) is 11.6 Å². The summed E-state index contributed by atoms with van der Waals surface area (Å²) in [6.45, 7) is 4.03. The van der Waals surface area contributed by atoms with Gasteiger partial charge in [0.2, 0.25) is 0 Å². The molecule has 7 heteroatoms. The summed E-state index contributed by atoms with van der Waals surface area (Å²) in [7, 11) is 0. The van der Waals surface area contributed by atoms with Gasteiger partial charge in [0.1, 0.15) is 11.6 Å². The van der Waals surface area contributed by atoms with Gasteiger partial charge in [0, 0.05) is 42.9 Å². The Balaban J connectivity index is 1.10. The number of halogens is 1. The molecule has 0 amide bonds. The Morgan fingerprint density at radius 1 is 1.03 bits per heavy atom. The molecule has 3 N–H and O–H groups in total. The van der Waals surface area contributed by atoms with E-state index in [2.05, 4.69) is 56.6 Å². The van der Waals surface area contributed by atoms with E-state index in [1.165, 1.54) is 5.56 Å². The number of anilines is 2. The number of nitrogens with zero attached hydrogens (tertiary/aromatic N) is 3. The highest BCUT2D eigenvalue weighted by atomic mass is 35.5. The number of aromatic nitrogens is 2. The van der Waals surface area contributed by atoms with Crippen molar-refractivity contribution >= 4 is 39.8 Å². The normalized spacial score (nSPS) is 14.6. The monoisotopic (exact) mass is 513 g/mol. The average molecular weight is 514 g/mol. The molecule has 0 radical (unpaired) electrons. The van der Waals surface area contributed by atoms with Gasteiger partial charge < -0.3 is 11.1 Å². The van der Waals surface area contributed by atoms with E-state index < -0.39 is 0 Å². The van der Waals surface area contributed by atoms with Gasteiger partial charge in [0.05, 0.1) is 5.02 Å². The minimum Gasteiger partial charge on any atom is -0.383 e. The largest absolute Gasteiger partial charge is 0.383 e. The number of nitrogens with two attached hydrogens (primary N) is 1. The molecule has 1 saturated heterocycles. The lowest BCUT2D eigenvalue weighted by Crippen LogP contribution is -2.35. The summed E-state index contributed by atoms with van der Waals surface area (Å²) in [5.74, 6) is 1.77. The van der Waals surface area contributed by atoms with E-state index in [-0.39, 0.29) is 5.78 Å². The number of pyridine rings is 2. The van der Waals surface area contributed by atoms with Gasteiger partial charge in [-0.3, -0.25) is 9.69 Å². The van der Waals surface area contributed by atoms with Gasteiger partial charge in [-0.2, -0.15) is 0 Å². The van der Waals surface area contributed by atoms with Crippen molar-refractivity contribution in [3.63, 3.8) is 0 Å². The Morgan fingerprint density at radius 2 is 1.84 bits per heavy atom. The lowest BCUT2D eigenvalue weighted by molar-refractivity contribution is 0.0982. The SMILES string of the molecule is Nc1nccc2cc(CCC(=O)c3cnc(NCC4CCN(Cc5ccccc5)CC4)c(Cl)c3)ccc12. The Morgan fingerprint density at radius 3 is 2.62 bits per heavy atom. The first kappa shape index (κ1) is 25.2. The molecule has 190 valence electrons. The molecule has 0 atom stereocenters. The molecule has 0 aliphatic carbocycles. The van der Waals surface area contributed by atoms with Crippen LogP contribution >= 0.6 is 11.6 Å². The van der Waals surface area contributed by atoms with Gasteiger partial charge in [-0.15, -0.1) is 0 Å². The summed E-state index contributed by atoms with van der Waals surface area (Å²) in [6.07, 6.45) is 6.64. The summed E-state index contributed by atoms with van der Waals surface area (Å²) in [5.41, 5.74) is 8.92. The fourth-order valence-electron chi connectivity index (χ4n) is 4.96. The topological polar surface area (TPSA) is 84.1 Å². The van der Waals surface area contributed by atoms with Gasteiger partial charge >= 0.3 is 0 Å². The molecule has 1 fully saturated rings. The molecule has 37 heavy (non-hydrogen) atoms. The number of carbonyl (C=O) groups is 1. The lowest BCUT2D eigenvalue weighted by atomic mass is 9.96. The molecule has 1 aliphatic heterocycles. The number of ketones is 1. The van der Waals surface area contributed by atoms with Crippen LogP contribution in [0.3, 0.4) is 0 Å². The predicted octanol–water partition coefficient (Wildman–Crippen LogP) is 6.01. The molecule has 0 spiro atoms. The standard InChI is InChI=1S/C30H32ClN5O/c31-27-17-25(28(37)9-7-21-6-8-26-24(16-21)10-13-33-29(26)32)19-35-30(27)34-18-22-11-14-36(15-12-22)20-23-4-2-1-3-5-23/h1-6,8,10,13,16-17,19,22H,7,9,11-12,14-15,18,20H2,(H2,32,33)(H,34,35). The molecule has 0 bridgehead atoms.